The molecule has 0 unspecified atom stereocenters. The number of nitrogens with zero attached hydrogens (tertiary/aromatic N) is 1. The van der Waals surface area contributed by atoms with E-state index in [0.717, 1.165) is 22.4 Å². The fourth-order valence-electron chi connectivity index (χ4n) is 3.81. The van der Waals surface area contributed by atoms with Crippen molar-refractivity contribution in [3.63, 3.8) is 0 Å². The first-order chi connectivity index (χ1) is 17.4. The topological polar surface area (TPSA) is 126 Å². The molecule has 9 heteroatoms. The number of nitrogens with two attached hydrogens (primary N) is 1. The summed E-state index contributed by atoms with van der Waals surface area (Å²) < 4.78 is 32.6. The van der Waals surface area contributed by atoms with Gasteiger partial charge in [-0.25, -0.2) is 13.1 Å². The second kappa shape index (κ2) is 11.6. The number of amidine groups is 1. The molecule has 196 valence electrons. The summed E-state index contributed by atoms with van der Waals surface area (Å²) in [5.74, 6) is -0.390. The summed E-state index contributed by atoms with van der Waals surface area (Å²) in [6.07, 6.45) is 0.678. The first-order valence-electron chi connectivity index (χ1n) is 11.9. The number of carbonyl (C=O) groups is 1. The fourth-order valence-corrected chi connectivity index (χ4v) is 5.22. The lowest BCUT2D eigenvalue weighted by molar-refractivity contribution is -0.138. The number of methoxy groups -OCH3 is 1. The van der Waals surface area contributed by atoms with Gasteiger partial charge in [-0.2, -0.15) is 0 Å². The Morgan fingerprint density at radius 2 is 1.59 bits per heavy atom. The smallest absolute Gasteiger partial charge is 0.325 e. The molecular weight excluding hydrogens is 488 g/mol. The second-order valence-corrected chi connectivity index (χ2v) is 11.5. The zero-order valence-corrected chi connectivity index (χ0v) is 22.4. The lowest BCUT2D eigenvalue weighted by atomic mass is 10.0. The molecule has 0 radical (unpaired) electrons. The van der Waals surface area contributed by atoms with Gasteiger partial charge in [-0.15, -0.1) is 0 Å². The molecule has 4 N–H and O–H groups in total. The van der Waals surface area contributed by atoms with Crippen molar-refractivity contribution in [1.29, 1.82) is 5.41 Å². The molecule has 0 amide bonds. The van der Waals surface area contributed by atoms with Crippen LogP contribution in [-0.4, -0.2) is 46.0 Å². The molecule has 3 aromatic carbocycles. The molecule has 0 saturated heterocycles. The van der Waals surface area contributed by atoms with Gasteiger partial charge in [-0.3, -0.25) is 10.2 Å². The molecule has 0 aromatic heterocycles. The van der Waals surface area contributed by atoms with Crippen molar-refractivity contribution in [2.45, 2.75) is 37.6 Å². The summed E-state index contributed by atoms with van der Waals surface area (Å²) in [4.78, 5) is 14.1. The Hall–Kier alpha value is -3.69. The summed E-state index contributed by atoms with van der Waals surface area (Å²) in [6, 6.07) is 22.1. The van der Waals surface area contributed by atoms with Crippen molar-refractivity contribution < 1.29 is 17.9 Å². The minimum absolute atomic E-state index is 0.0356. The van der Waals surface area contributed by atoms with E-state index >= 15 is 0 Å². The predicted molar refractivity (Wildman–Crippen MR) is 147 cm³/mol. The number of rotatable bonds is 10. The minimum Gasteiger partial charge on any atom is -0.468 e. The van der Waals surface area contributed by atoms with E-state index in [9.17, 15) is 13.2 Å². The highest BCUT2D eigenvalue weighted by atomic mass is 32.2. The van der Waals surface area contributed by atoms with Crippen LogP contribution in [0.3, 0.4) is 0 Å². The number of hydrogen-bond donors (Lipinski definition) is 3. The quantitative estimate of drug-likeness (QED) is 0.210. The van der Waals surface area contributed by atoms with Crippen LogP contribution in [0, 0.1) is 5.41 Å². The second-order valence-electron chi connectivity index (χ2n) is 9.79. The molecule has 37 heavy (non-hydrogen) atoms. The van der Waals surface area contributed by atoms with Crippen molar-refractivity contribution in [3.05, 3.63) is 83.9 Å². The van der Waals surface area contributed by atoms with Crippen molar-refractivity contribution in [3.8, 4) is 11.1 Å². The Bertz CT molecular complexity index is 1350. The summed E-state index contributed by atoms with van der Waals surface area (Å²) in [5, 5.41) is 7.69. The molecule has 0 fully saturated rings. The van der Waals surface area contributed by atoms with E-state index in [0.29, 0.717) is 18.5 Å². The fraction of sp³-hybridized carbons (Fsp3) is 0.286. The van der Waals surface area contributed by atoms with Crippen molar-refractivity contribution in [1.82, 2.24) is 4.72 Å². The standard InChI is InChI=1S/C28H34N4O4S/c1-28(2,3)31-37(34,35)25-14-12-22(13-15-25)21-10-8-20(9-11-21)16-17-32(19-26(33)36-4)24-7-5-6-23(18-24)27(29)30/h5-15,18,31H,16-17,19H2,1-4H3,(H3,29,30). The molecule has 0 saturated carbocycles. The molecule has 3 rings (SSSR count). The van der Waals surface area contributed by atoms with Gasteiger partial charge in [-0.05, 0) is 68.1 Å². The van der Waals surface area contributed by atoms with Gasteiger partial charge < -0.3 is 15.4 Å². The highest BCUT2D eigenvalue weighted by Crippen LogP contribution is 2.23. The van der Waals surface area contributed by atoms with Gasteiger partial charge in [0.25, 0.3) is 0 Å². The molecule has 8 nitrogen and oxygen atoms in total. The lowest BCUT2D eigenvalue weighted by Gasteiger charge is -2.24. The average molecular weight is 523 g/mol. The van der Waals surface area contributed by atoms with Gasteiger partial charge in [0.15, 0.2) is 0 Å². The number of ether oxygens (including phenoxy) is 1. The van der Waals surface area contributed by atoms with Crippen LogP contribution in [0.4, 0.5) is 5.69 Å². The van der Waals surface area contributed by atoms with Crippen LogP contribution < -0.4 is 15.4 Å². The Kier molecular flexibility index (Phi) is 8.73. The third kappa shape index (κ3) is 7.90. The third-order valence-corrected chi connectivity index (χ3v) is 7.41. The molecule has 0 aliphatic heterocycles. The maximum atomic E-state index is 12.5. The van der Waals surface area contributed by atoms with E-state index in [1.807, 2.05) is 35.2 Å². The average Bonchev–Trinajstić information content (AvgIpc) is 2.85. The summed E-state index contributed by atoms with van der Waals surface area (Å²) in [6.45, 7) is 6.05. The van der Waals surface area contributed by atoms with E-state index in [-0.39, 0.29) is 23.2 Å². The SMILES string of the molecule is COC(=O)CN(CCc1ccc(-c2ccc(S(=O)(=O)NC(C)(C)C)cc2)cc1)c1cccc(C(=N)N)c1. The summed E-state index contributed by atoms with van der Waals surface area (Å²) in [7, 11) is -2.23. The van der Waals surface area contributed by atoms with Crippen molar-refractivity contribution in [2.24, 2.45) is 5.73 Å². The number of nitrogen functional groups attached to an aromatic ring is 1. The minimum atomic E-state index is -3.59. The number of esters is 1. The van der Waals surface area contributed by atoms with Crippen molar-refractivity contribution in [2.75, 3.05) is 25.1 Å². The van der Waals surface area contributed by atoms with Gasteiger partial charge in [0.2, 0.25) is 10.0 Å². The Labute approximate surface area is 219 Å². The van der Waals surface area contributed by atoms with Gasteiger partial charge >= 0.3 is 5.97 Å². The Morgan fingerprint density at radius 1 is 1.00 bits per heavy atom. The zero-order chi connectivity index (χ0) is 27.2. The van der Waals surface area contributed by atoms with Crippen LogP contribution >= 0.6 is 0 Å². The van der Waals surface area contributed by atoms with Crippen molar-refractivity contribution >= 4 is 27.5 Å². The molecular formula is C28H34N4O4S. The van der Waals surface area contributed by atoms with E-state index in [2.05, 4.69) is 4.72 Å². The van der Waals surface area contributed by atoms with E-state index in [1.54, 1.807) is 63.2 Å². The normalized spacial score (nSPS) is 11.7. The van der Waals surface area contributed by atoms with Gasteiger partial charge in [-0.1, -0.05) is 48.5 Å². The first kappa shape index (κ1) is 27.9. The number of carbonyl (C=O) groups excluding carboxylic acids is 1. The number of anilines is 1. The van der Waals surface area contributed by atoms with E-state index in [4.69, 9.17) is 15.9 Å². The van der Waals surface area contributed by atoms with Gasteiger partial charge in [0.05, 0.1) is 12.0 Å². The number of sulfonamides is 1. The summed E-state index contributed by atoms with van der Waals surface area (Å²) >= 11 is 0. The molecule has 0 aliphatic carbocycles. The molecule has 0 aliphatic rings. The largest absolute Gasteiger partial charge is 0.468 e. The lowest BCUT2D eigenvalue weighted by Crippen LogP contribution is -2.40. The number of nitrogens with one attached hydrogen (secondary N) is 2. The monoisotopic (exact) mass is 522 g/mol. The maximum Gasteiger partial charge on any atom is 0.325 e. The maximum absolute atomic E-state index is 12.5. The van der Waals surface area contributed by atoms with E-state index in [1.165, 1.54) is 7.11 Å². The van der Waals surface area contributed by atoms with Gasteiger partial charge in [0, 0.05) is 23.3 Å². The molecule has 3 aromatic rings. The molecule has 0 spiro atoms. The molecule has 0 atom stereocenters. The molecule has 0 bridgehead atoms. The summed E-state index contributed by atoms with van der Waals surface area (Å²) in [5.41, 5.74) is 9.40. The molecule has 0 heterocycles. The zero-order valence-electron chi connectivity index (χ0n) is 21.6. The van der Waals surface area contributed by atoms with Crippen LogP contribution in [0.15, 0.2) is 77.7 Å². The first-order valence-corrected chi connectivity index (χ1v) is 13.4. The highest BCUT2D eigenvalue weighted by molar-refractivity contribution is 7.89. The van der Waals surface area contributed by atoms with Crippen LogP contribution in [0.1, 0.15) is 31.9 Å². The van der Waals surface area contributed by atoms with Crippen LogP contribution in [0.5, 0.6) is 0 Å². The number of hydrogen-bond acceptors (Lipinski definition) is 6. The van der Waals surface area contributed by atoms with E-state index < -0.39 is 15.6 Å². The predicted octanol–water partition coefficient (Wildman–Crippen LogP) is 3.94. The Morgan fingerprint density at radius 3 is 2.14 bits per heavy atom. The van der Waals surface area contributed by atoms with Crippen LogP contribution in [0.25, 0.3) is 11.1 Å². The number of benzene rings is 3. The highest BCUT2D eigenvalue weighted by Gasteiger charge is 2.21. The van der Waals surface area contributed by atoms with Crippen LogP contribution in [0.2, 0.25) is 0 Å². The van der Waals surface area contributed by atoms with Gasteiger partial charge in [0.1, 0.15) is 12.4 Å². The Balaban J connectivity index is 1.72. The van der Waals surface area contributed by atoms with Crippen LogP contribution in [-0.2, 0) is 26.0 Å². The third-order valence-electron chi connectivity index (χ3n) is 5.63.